The number of hydrogen-bond donors (Lipinski definition) is 2. The molecule has 0 bridgehead atoms. The van der Waals surface area contributed by atoms with Gasteiger partial charge < -0.3 is 20.5 Å². The molecule has 1 aliphatic rings. The first kappa shape index (κ1) is 14.1. The van der Waals surface area contributed by atoms with Gasteiger partial charge in [0.25, 0.3) is 5.69 Å². The van der Waals surface area contributed by atoms with Crippen molar-refractivity contribution < 1.29 is 19.2 Å². The zero-order valence-electron chi connectivity index (χ0n) is 10.9. The Morgan fingerprint density at radius 2 is 2.05 bits per heavy atom. The van der Waals surface area contributed by atoms with Gasteiger partial charge in [0, 0.05) is 6.07 Å². The second kappa shape index (κ2) is 5.74. The second-order valence-electron chi connectivity index (χ2n) is 4.27. The standard InChI is InChI=1S/C12H15N3O5/c1-2-7(13)12(16)14-8-5-10-11(20-4-3-19-10)6-9(8)15(17)18/h5-7H,2-4,13H2,1H3,(H,14,16)/t7-/m1/s1. The van der Waals surface area contributed by atoms with E-state index in [-0.39, 0.29) is 11.4 Å². The highest BCUT2D eigenvalue weighted by atomic mass is 16.6. The molecule has 1 aromatic rings. The zero-order valence-corrected chi connectivity index (χ0v) is 10.9. The number of fused-ring (bicyclic) bond motifs is 1. The van der Waals surface area contributed by atoms with E-state index in [0.717, 1.165) is 0 Å². The number of nitro groups is 1. The first-order chi connectivity index (χ1) is 9.52. The van der Waals surface area contributed by atoms with Crippen LogP contribution in [-0.2, 0) is 4.79 Å². The summed E-state index contributed by atoms with van der Waals surface area (Å²) in [6, 6.07) is 1.90. The van der Waals surface area contributed by atoms with Gasteiger partial charge >= 0.3 is 0 Å². The molecule has 1 atom stereocenters. The predicted octanol–water partition coefficient (Wildman–Crippen LogP) is 1.04. The highest BCUT2D eigenvalue weighted by molar-refractivity contribution is 5.97. The van der Waals surface area contributed by atoms with Crippen molar-refractivity contribution in [1.29, 1.82) is 0 Å². The molecular formula is C12H15N3O5. The third-order valence-corrected chi connectivity index (χ3v) is 2.89. The Balaban J connectivity index is 2.35. The minimum absolute atomic E-state index is 0.0492. The number of hydrogen-bond acceptors (Lipinski definition) is 6. The van der Waals surface area contributed by atoms with Crippen molar-refractivity contribution in [3.05, 3.63) is 22.2 Å². The monoisotopic (exact) mass is 281 g/mol. The summed E-state index contributed by atoms with van der Waals surface area (Å²) in [4.78, 5) is 22.2. The van der Waals surface area contributed by atoms with Crippen molar-refractivity contribution in [2.75, 3.05) is 18.5 Å². The number of nitrogens with zero attached hydrogens (tertiary/aromatic N) is 1. The molecule has 3 N–H and O–H groups in total. The van der Waals surface area contributed by atoms with Gasteiger partial charge in [-0.3, -0.25) is 14.9 Å². The number of ether oxygens (including phenoxy) is 2. The summed E-state index contributed by atoms with van der Waals surface area (Å²) in [6.07, 6.45) is 0.435. The van der Waals surface area contributed by atoms with Crippen LogP contribution in [0.3, 0.4) is 0 Å². The number of nitrogens with one attached hydrogen (secondary N) is 1. The Labute approximate surface area is 115 Å². The van der Waals surface area contributed by atoms with Crippen LogP contribution in [0, 0.1) is 10.1 Å². The summed E-state index contributed by atoms with van der Waals surface area (Å²) >= 11 is 0. The number of nitrogens with two attached hydrogens (primary N) is 1. The largest absolute Gasteiger partial charge is 0.486 e. The Hall–Kier alpha value is -2.35. The first-order valence-electron chi connectivity index (χ1n) is 6.17. The van der Waals surface area contributed by atoms with E-state index in [9.17, 15) is 14.9 Å². The van der Waals surface area contributed by atoms with Gasteiger partial charge in [0.15, 0.2) is 11.5 Å². The molecule has 0 spiro atoms. The predicted molar refractivity (Wildman–Crippen MR) is 71.0 cm³/mol. The van der Waals surface area contributed by atoms with Crippen LogP contribution in [0.5, 0.6) is 11.5 Å². The Morgan fingerprint density at radius 3 is 2.60 bits per heavy atom. The van der Waals surface area contributed by atoms with Gasteiger partial charge in [-0.15, -0.1) is 0 Å². The molecule has 1 aliphatic heterocycles. The molecular weight excluding hydrogens is 266 g/mol. The van der Waals surface area contributed by atoms with Crippen LogP contribution in [0.15, 0.2) is 12.1 Å². The normalized spacial score (nSPS) is 14.5. The van der Waals surface area contributed by atoms with Gasteiger partial charge in [-0.1, -0.05) is 6.92 Å². The van der Waals surface area contributed by atoms with E-state index in [0.29, 0.717) is 31.1 Å². The number of anilines is 1. The van der Waals surface area contributed by atoms with Gasteiger partial charge in [0.05, 0.1) is 17.0 Å². The SMILES string of the molecule is CC[C@@H](N)C(=O)Nc1cc2c(cc1[N+](=O)[O-])OCCO2. The number of carbonyl (C=O) groups excluding carboxylic acids is 1. The molecule has 108 valence electrons. The maximum absolute atomic E-state index is 11.8. The maximum atomic E-state index is 11.8. The van der Waals surface area contributed by atoms with Gasteiger partial charge in [-0.2, -0.15) is 0 Å². The number of amides is 1. The third kappa shape index (κ3) is 2.80. The van der Waals surface area contributed by atoms with Gasteiger partial charge in [-0.05, 0) is 6.42 Å². The van der Waals surface area contributed by atoms with E-state index >= 15 is 0 Å². The minimum atomic E-state index is -0.720. The van der Waals surface area contributed by atoms with Crippen molar-refractivity contribution in [2.24, 2.45) is 5.73 Å². The van der Waals surface area contributed by atoms with Crippen LogP contribution in [-0.4, -0.2) is 30.1 Å². The Bertz CT molecular complexity index is 546. The summed E-state index contributed by atoms with van der Waals surface area (Å²) in [6.45, 7) is 2.44. The minimum Gasteiger partial charge on any atom is -0.486 e. The van der Waals surface area contributed by atoms with Crippen LogP contribution in [0.25, 0.3) is 0 Å². The summed E-state index contributed by atoms with van der Waals surface area (Å²) < 4.78 is 10.6. The van der Waals surface area contributed by atoms with Crippen LogP contribution in [0.4, 0.5) is 11.4 Å². The second-order valence-corrected chi connectivity index (χ2v) is 4.27. The average Bonchev–Trinajstić information content (AvgIpc) is 2.45. The molecule has 0 aliphatic carbocycles. The fourth-order valence-electron chi connectivity index (χ4n) is 1.74. The van der Waals surface area contributed by atoms with Crippen molar-refractivity contribution in [3.63, 3.8) is 0 Å². The number of nitro benzene ring substituents is 1. The Kier molecular flexibility index (Phi) is 4.04. The molecule has 0 saturated heterocycles. The van der Waals surface area contributed by atoms with Gasteiger partial charge in [-0.25, -0.2) is 0 Å². The number of rotatable bonds is 4. The summed E-state index contributed by atoms with van der Waals surface area (Å²) in [5, 5.41) is 13.5. The lowest BCUT2D eigenvalue weighted by Crippen LogP contribution is -2.35. The molecule has 1 heterocycles. The highest BCUT2D eigenvalue weighted by Gasteiger charge is 2.24. The molecule has 0 aromatic heterocycles. The Morgan fingerprint density at radius 1 is 1.45 bits per heavy atom. The van der Waals surface area contributed by atoms with E-state index in [4.69, 9.17) is 15.2 Å². The smallest absolute Gasteiger partial charge is 0.296 e. The lowest BCUT2D eigenvalue weighted by atomic mass is 10.2. The van der Waals surface area contributed by atoms with Crippen LogP contribution in [0.2, 0.25) is 0 Å². The van der Waals surface area contributed by atoms with E-state index < -0.39 is 16.9 Å². The van der Waals surface area contributed by atoms with Crippen LogP contribution >= 0.6 is 0 Å². The quantitative estimate of drug-likeness (QED) is 0.629. The van der Waals surface area contributed by atoms with Crippen molar-refractivity contribution in [2.45, 2.75) is 19.4 Å². The average molecular weight is 281 g/mol. The van der Waals surface area contributed by atoms with Gasteiger partial charge in [0.2, 0.25) is 5.91 Å². The van der Waals surface area contributed by atoms with E-state index in [1.165, 1.54) is 12.1 Å². The third-order valence-electron chi connectivity index (χ3n) is 2.89. The fourth-order valence-corrected chi connectivity index (χ4v) is 1.74. The summed E-state index contributed by atoms with van der Waals surface area (Å²) in [5.74, 6) is 0.176. The molecule has 0 saturated carbocycles. The van der Waals surface area contributed by atoms with Crippen LogP contribution < -0.4 is 20.5 Å². The molecule has 8 nitrogen and oxygen atoms in total. The molecule has 2 rings (SSSR count). The van der Waals surface area contributed by atoms with Crippen molar-refractivity contribution in [3.8, 4) is 11.5 Å². The van der Waals surface area contributed by atoms with Crippen molar-refractivity contribution >= 4 is 17.3 Å². The van der Waals surface area contributed by atoms with E-state index in [2.05, 4.69) is 5.32 Å². The number of benzene rings is 1. The highest BCUT2D eigenvalue weighted by Crippen LogP contribution is 2.39. The van der Waals surface area contributed by atoms with E-state index in [1.807, 2.05) is 0 Å². The van der Waals surface area contributed by atoms with Crippen LogP contribution in [0.1, 0.15) is 13.3 Å². The maximum Gasteiger partial charge on any atom is 0.296 e. The topological polar surface area (TPSA) is 117 Å². The lowest BCUT2D eigenvalue weighted by Gasteiger charge is -2.19. The molecule has 0 fully saturated rings. The summed E-state index contributed by atoms with van der Waals surface area (Å²) in [5.41, 5.74) is 5.38. The molecule has 1 amide bonds. The molecule has 0 radical (unpaired) electrons. The molecule has 20 heavy (non-hydrogen) atoms. The first-order valence-corrected chi connectivity index (χ1v) is 6.17. The number of carbonyl (C=O) groups is 1. The zero-order chi connectivity index (χ0) is 14.7. The van der Waals surface area contributed by atoms with E-state index in [1.54, 1.807) is 6.92 Å². The summed E-state index contributed by atoms with van der Waals surface area (Å²) in [7, 11) is 0. The van der Waals surface area contributed by atoms with Gasteiger partial charge in [0.1, 0.15) is 18.9 Å². The molecule has 0 unspecified atom stereocenters. The van der Waals surface area contributed by atoms with Crippen molar-refractivity contribution in [1.82, 2.24) is 0 Å². The fraction of sp³-hybridized carbons (Fsp3) is 0.417. The molecule has 1 aromatic carbocycles. The molecule has 8 heteroatoms. The lowest BCUT2D eigenvalue weighted by molar-refractivity contribution is -0.384.